The molecule has 3 aliphatic rings. The maximum atomic E-state index is 12.4. The van der Waals surface area contributed by atoms with Crippen LogP contribution in [0.4, 0.5) is 5.95 Å². The summed E-state index contributed by atoms with van der Waals surface area (Å²) < 4.78 is 0. The first-order valence-electron chi connectivity index (χ1n) is 7.45. The molecule has 5 nitrogen and oxygen atoms in total. The maximum Gasteiger partial charge on any atom is 0.229 e. The highest BCUT2D eigenvalue weighted by atomic mass is 16.2. The van der Waals surface area contributed by atoms with Crippen molar-refractivity contribution in [2.24, 2.45) is 11.3 Å². The Balaban J connectivity index is 1.42. The molecule has 1 aromatic heterocycles. The van der Waals surface area contributed by atoms with Crippen LogP contribution in [-0.2, 0) is 4.79 Å². The van der Waals surface area contributed by atoms with Gasteiger partial charge in [-0.3, -0.25) is 4.79 Å². The van der Waals surface area contributed by atoms with Crippen LogP contribution in [0.5, 0.6) is 0 Å². The lowest BCUT2D eigenvalue weighted by atomic mass is 10.1. The van der Waals surface area contributed by atoms with E-state index in [0.29, 0.717) is 5.91 Å². The standard InChI is InChI=1S/C15H20N4O/c1-10-7-11(2)17-14(16-10)19-5-3-18(4-6-19)13(20)15-8-12(15)9-15/h7,12H,3-6,8-9H2,1-2H3. The summed E-state index contributed by atoms with van der Waals surface area (Å²) in [5.74, 6) is 1.95. The van der Waals surface area contributed by atoms with Gasteiger partial charge in [-0.1, -0.05) is 0 Å². The van der Waals surface area contributed by atoms with E-state index in [0.717, 1.165) is 62.3 Å². The number of fused-ring (bicyclic) bond motifs is 1. The molecule has 1 aliphatic heterocycles. The number of carbonyl (C=O) groups is 1. The molecule has 4 rings (SSSR count). The van der Waals surface area contributed by atoms with Crippen molar-refractivity contribution in [3.8, 4) is 0 Å². The first kappa shape index (κ1) is 12.1. The van der Waals surface area contributed by atoms with E-state index >= 15 is 0 Å². The fourth-order valence-corrected chi connectivity index (χ4v) is 3.32. The number of piperazine rings is 1. The van der Waals surface area contributed by atoms with Crippen LogP contribution in [0.2, 0.25) is 0 Å². The van der Waals surface area contributed by atoms with Crippen LogP contribution in [0.3, 0.4) is 0 Å². The van der Waals surface area contributed by atoms with Crippen LogP contribution < -0.4 is 4.90 Å². The molecular weight excluding hydrogens is 252 g/mol. The van der Waals surface area contributed by atoms with Gasteiger partial charge in [0.1, 0.15) is 0 Å². The monoisotopic (exact) mass is 272 g/mol. The second-order valence-corrected chi connectivity index (χ2v) is 6.49. The summed E-state index contributed by atoms with van der Waals surface area (Å²) in [6.45, 7) is 7.30. The van der Waals surface area contributed by atoms with Gasteiger partial charge >= 0.3 is 0 Å². The Morgan fingerprint density at radius 2 is 1.70 bits per heavy atom. The van der Waals surface area contributed by atoms with E-state index in [9.17, 15) is 4.79 Å². The van der Waals surface area contributed by atoms with E-state index in [4.69, 9.17) is 0 Å². The van der Waals surface area contributed by atoms with Crippen molar-refractivity contribution in [3.63, 3.8) is 0 Å². The molecule has 0 N–H and O–H groups in total. The van der Waals surface area contributed by atoms with Crippen molar-refractivity contribution in [1.29, 1.82) is 0 Å². The van der Waals surface area contributed by atoms with Crippen LogP contribution in [0.1, 0.15) is 24.2 Å². The molecule has 3 fully saturated rings. The average molecular weight is 272 g/mol. The number of anilines is 1. The van der Waals surface area contributed by atoms with E-state index in [1.807, 2.05) is 24.8 Å². The van der Waals surface area contributed by atoms with Crippen LogP contribution in [0.25, 0.3) is 0 Å². The maximum absolute atomic E-state index is 12.4. The molecule has 0 radical (unpaired) electrons. The van der Waals surface area contributed by atoms with Crippen molar-refractivity contribution in [2.45, 2.75) is 26.7 Å². The summed E-state index contributed by atoms with van der Waals surface area (Å²) in [6, 6.07) is 1.99. The molecule has 1 saturated heterocycles. The highest BCUT2D eigenvalue weighted by Crippen LogP contribution is 2.75. The molecule has 0 aromatic carbocycles. The van der Waals surface area contributed by atoms with Gasteiger partial charge in [-0.15, -0.1) is 0 Å². The van der Waals surface area contributed by atoms with Gasteiger partial charge in [0.25, 0.3) is 0 Å². The van der Waals surface area contributed by atoms with E-state index in [2.05, 4.69) is 14.9 Å². The Morgan fingerprint density at radius 1 is 1.15 bits per heavy atom. The number of aryl methyl sites for hydroxylation is 2. The summed E-state index contributed by atoms with van der Waals surface area (Å²) in [6.07, 6.45) is 2.29. The minimum atomic E-state index is 0.110. The van der Waals surface area contributed by atoms with Gasteiger partial charge in [0.2, 0.25) is 11.9 Å². The molecule has 2 heterocycles. The Morgan fingerprint density at radius 3 is 2.20 bits per heavy atom. The molecular formula is C15H20N4O. The van der Waals surface area contributed by atoms with Gasteiger partial charge in [-0.05, 0) is 38.7 Å². The van der Waals surface area contributed by atoms with Crippen molar-refractivity contribution in [2.75, 3.05) is 31.1 Å². The number of nitrogens with zero attached hydrogens (tertiary/aromatic N) is 4. The summed E-state index contributed by atoms with van der Waals surface area (Å²) >= 11 is 0. The summed E-state index contributed by atoms with van der Waals surface area (Å²) in [5, 5.41) is 0. The lowest BCUT2D eigenvalue weighted by Gasteiger charge is -2.35. The third kappa shape index (κ3) is 1.79. The van der Waals surface area contributed by atoms with Crippen molar-refractivity contribution in [3.05, 3.63) is 17.5 Å². The Kier molecular flexibility index (Phi) is 2.38. The zero-order valence-corrected chi connectivity index (χ0v) is 12.1. The predicted octanol–water partition coefficient (Wildman–Crippen LogP) is 1.15. The summed E-state index contributed by atoms with van der Waals surface area (Å²) in [7, 11) is 0. The number of rotatable bonds is 2. The second kappa shape index (κ2) is 3.93. The topological polar surface area (TPSA) is 49.3 Å². The minimum absolute atomic E-state index is 0.110. The fourth-order valence-electron chi connectivity index (χ4n) is 3.32. The van der Waals surface area contributed by atoms with Gasteiger partial charge < -0.3 is 9.80 Å². The lowest BCUT2D eigenvalue weighted by molar-refractivity contribution is -0.135. The number of carbonyl (C=O) groups excluding carboxylic acids is 1. The average Bonchev–Trinajstić information content (AvgIpc) is 3.26. The zero-order chi connectivity index (χ0) is 13.9. The number of hydrogen-bond donors (Lipinski definition) is 0. The van der Waals surface area contributed by atoms with Crippen molar-refractivity contribution in [1.82, 2.24) is 14.9 Å². The molecule has 106 valence electrons. The molecule has 20 heavy (non-hydrogen) atoms. The molecule has 5 heteroatoms. The summed E-state index contributed by atoms with van der Waals surface area (Å²) in [5.41, 5.74) is 2.12. The largest absolute Gasteiger partial charge is 0.339 e. The number of aromatic nitrogens is 2. The molecule has 2 saturated carbocycles. The Hall–Kier alpha value is -1.65. The third-order valence-electron chi connectivity index (χ3n) is 4.93. The first-order valence-corrected chi connectivity index (χ1v) is 7.45. The van der Waals surface area contributed by atoms with E-state index < -0.39 is 0 Å². The van der Waals surface area contributed by atoms with Crippen LogP contribution >= 0.6 is 0 Å². The molecule has 1 aromatic rings. The summed E-state index contributed by atoms with van der Waals surface area (Å²) in [4.78, 5) is 25.6. The first-order chi connectivity index (χ1) is 9.58. The van der Waals surface area contributed by atoms with Crippen LogP contribution in [0, 0.1) is 25.2 Å². The third-order valence-corrected chi connectivity index (χ3v) is 4.93. The van der Waals surface area contributed by atoms with Crippen LogP contribution in [-0.4, -0.2) is 47.0 Å². The van der Waals surface area contributed by atoms with Crippen LogP contribution in [0.15, 0.2) is 6.07 Å². The number of amides is 1. The van der Waals surface area contributed by atoms with E-state index in [-0.39, 0.29) is 5.41 Å². The van der Waals surface area contributed by atoms with Gasteiger partial charge in [0.05, 0.1) is 5.41 Å². The van der Waals surface area contributed by atoms with Gasteiger partial charge in [0.15, 0.2) is 0 Å². The highest BCUT2D eigenvalue weighted by Gasteiger charge is 2.75. The molecule has 0 spiro atoms. The molecule has 0 atom stereocenters. The minimum Gasteiger partial charge on any atom is -0.339 e. The normalized spacial score (nSPS) is 31.0. The molecule has 0 bridgehead atoms. The zero-order valence-electron chi connectivity index (χ0n) is 12.1. The van der Waals surface area contributed by atoms with E-state index in [1.54, 1.807) is 0 Å². The van der Waals surface area contributed by atoms with E-state index in [1.165, 1.54) is 0 Å². The Bertz CT molecular complexity index is 551. The van der Waals surface area contributed by atoms with Gasteiger partial charge in [-0.25, -0.2) is 9.97 Å². The highest BCUT2D eigenvalue weighted by molar-refractivity contribution is 5.90. The van der Waals surface area contributed by atoms with Gasteiger partial charge in [-0.2, -0.15) is 0 Å². The van der Waals surface area contributed by atoms with Gasteiger partial charge in [0, 0.05) is 37.6 Å². The number of hydrogen-bond acceptors (Lipinski definition) is 4. The predicted molar refractivity (Wildman–Crippen MR) is 75.5 cm³/mol. The fraction of sp³-hybridized carbons (Fsp3) is 0.667. The van der Waals surface area contributed by atoms with Crippen molar-refractivity contribution < 1.29 is 4.79 Å². The SMILES string of the molecule is Cc1cc(C)nc(N2CCN(C(=O)C34CC3C4)CC2)n1. The Labute approximate surface area is 119 Å². The quantitative estimate of drug-likeness (QED) is 0.810. The molecule has 2 aliphatic carbocycles. The second-order valence-electron chi connectivity index (χ2n) is 6.49. The molecule has 1 amide bonds. The smallest absolute Gasteiger partial charge is 0.229 e. The lowest BCUT2D eigenvalue weighted by Crippen LogP contribution is -2.50. The van der Waals surface area contributed by atoms with Crippen molar-refractivity contribution >= 4 is 11.9 Å². The molecule has 0 unspecified atom stereocenters.